The predicted octanol–water partition coefficient (Wildman–Crippen LogP) is 8.57. The summed E-state index contributed by atoms with van der Waals surface area (Å²) in [5, 5.41) is 0.854. The van der Waals surface area contributed by atoms with Crippen LogP contribution in [-0.2, 0) is 7.73 Å². The molecule has 0 saturated carbocycles. The van der Waals surface area contributed by atoms with Gasteiger partial charge in [0.1, 0.15) is 0 Å². The van der Waals surface area contributed by atoms with Crippen molar-refractivity contribution in [2.75, 3.05) is 0 Å². The van der Waals surface area contributed by atoms with Crippen LogP contribution in [0.5, 0.6) is 0 Å². The predicted molar refractivity (Wildman–Crippen MR) is 145 cm³/mol. The van der Waals surface area contributed by atoms with Gasteiger partial charge in [-0.15, -0.1) is 0 Å². The van der Waals surface area contributed by atoms with E-state index in [0.717, 1.165) is 33.1 Å². The molecule has 0 aliphatic rings. The fraction of sp³-hybridized carbons (Fsp3) is 0.143. The summed E-state index contributed by atoms with van der Waals surface area (Å²) in [6.07, 6.45) is 12.3. The minimum atomic E-state index is -1.75. The van der Waals surface area contributed by atoms with E-state index < -0.39 is 11.0 Å². The van der Waals surface area contributed by atoms with Crippen molar-refractivity contribution in [3.05, 3.63) is 119 Å². The molecule has 1 atom stereocenters. The van der Waals surface area contributed by atoms with Gasteiger partial charge in [0.2, 0.25) is 0 Å². The second-order valence-corrected chi connectivity index (χ2v) is 11.5. The minimum absolute atomic E-state index is 0.669. The molecule has 3 aromatic rings. The van der Waals surface area contributed by atoms with E-state index in [1.165, 1.54) is 0 Å². The van der Waals surface area contributed by atoms with Gasteiger partial charge in [-0.3, -0.25) is 0 Å². The van der Waals surface area contributed by atoms with E-state index in [2.05, 4.69) is 83.3 Å². The molecule has 0 amide bonds. The van der Waals surface area contributed by atoms with Gasteiger partial charge in [0, 0.05) is 11.1 Å². The van der Waals surface area contributed by atoms with Gasteiger partial charge in [-0.05, 0) is 72.2 Å². The van der Waals surface area contributed by atoms with Crippen molar-refractivity contribution in [1.29, 1.82) is 0 Å². The molecule has 0 aromatic heterocycles. The number of allylic oxidation sites excluding steroid dienone is 3. The van der Waals surface area contributed by atoms with Crippen LogP contribution in [0.1, 0.15) is 48.6 Å². The van der Waals surface area contributed by atoms with Crippen molar-refractivity contribution in [3.8, 4) is 0 Å². The van der Waals surface area contributed by atoms with Crippen LogP contribution in [0.2, 0.25) is 0 Å². The summed E-state index contributed by atoms with van der Waals surface area (Å²) >= 11 is 2.39. The zero-order chi connectivity index (χ0) is 22.3. The van der Waals surface area contributed by atoms with Gasteiger partial charge in [-0.25, -0.2) is 0 Å². The molecule has 0 N–H and O–H groups in total. The number of hydrogen-bond donors (Lipinski definition) is 0. The summed E-state index contributed by atoms with van der Waals surface area (Å²) < 4.78 is 13.4. The quantitative estimate of drug-likeness (QED) is 0.168. The number of rotatable bonds is 7. The molecule has 31 heavy (non-hydrogen) atoms. The number of benzene rings is 3. The molecule has 0 bridgehead atoms. The molecule has 156 valence electrons. The van der Waals surface area contributed by atoms with E-state index in [4.69, 9.17) is 0 Å². The highest BCUT2D eigenvalue weighted by Crippen LogP contribution is 2.56. The van der Waals surface area contributed by atoms with Crippen LogP contribution in [0.3, 0.4) is 0 Å². The van der Waals surface area contributed by atoms with Crippen molar-refractivity contribution < 1.29 is 4.57 Å². The molecule has 0 aliphatic carbocycles. The Hall–Kier alpha value is -2.29. The van der Waals surface area contributed by atoms with Crippen LogP contribution in [0.25, 0.3) is 18.2 Å². The van der Waals surface area contributed by atoms with Crippen LogP contribution in [0.15, 0.2) is 91.0 Å². The Balaban J connectivity index is 2.11. The summed E-state index contributed by atoms with van der Waals surface area (Å²) in [5.41, 5.74) is 5.47. The van der Waals surface area contributed by atoms with E-state index in [9.17, 15) is 4.57 Å². The first-order valence-electron chi connectivity index (χ1n) is 10.4. The first kappa shape index (κ1) is 23.4. The molecule has 0 saturated heterocycles. The van der Waals surface area contributed by atoms with Crippen molar-refractivity contribution in [2.24, 2.45) is 0 Å². The van der Waals surface area contributed by atoms with Crippen molar-refractivity contribution >= 4 is 53.9 Å². The SMILES string of the molecule is CC=Cc1ccc([P+](=O)C(I)(c2ccc(C=CC)cc2)c2ccc(C=CC)cc2)cc1. The average molecular weight is 537 g/mol. The largest absolute Gasteiger partial charge is 0.403 e. The first-order valence-corrected chi connectivity index (χ1v) is 12.7. The molecule has 3 heteroatoms. The highest BCUT2D eigenvalue weighted by molar-refractivity contribution is 14.1. The van der Waals surface area contributed by atoms with Gasteiger partial charge >= 0.3 is 7.80 Å². The molecule has 0 fully saturated rings. The van der Waals surface area contributed by atoms with Crippen LogP contribution >= 0.6 is 30.4 Å². The summed E-state index contributed by atoms with van der Waals surface area (Å²) in [5.74, 6) is 0. The fourth-order valence-electron chi connectivity index (χ4n) is 3.51. The Kier molecular flexibility index (Phi) is 8.17. The number of alkyl halides is 1. The lowest BCUT2D eigenvalue weighted by molar-refractivity contribution is 0.588. The third-order valence-electron chi connectivity index (χ3n) is 5.07. The normalized spacial score (nSPS) is 14.4. The third kappa shape index (κ3) is 5.31. The summed E-state index contributed by atoms with van der Waals surface area (Å²) in [4.78, 5) is 0. The zero-order valence-electron chi connectivity index (χ0n) is 18.1. The second-order valence-electron chi connectivity index (χ2n) is 7.25. The number of hydrogen-bond acceptors (Lipinski definition) is 1. The Morgan fingerprint density at radius 1 is 0.613 bits per heavy atom. The monoisotopic (exact) mass is 537 g/mol. The van der Waals surface area contributed by atoms with Crippen molar-refractivity contribution in [2.45, 2.75) is 23.9 Å². The third-order valence-corrected chi connectivity index (χ3v) is 9.47. The van der Waals surface area contributed by atoms with E-state index >= 15 is 0 Å². The van der Waals surface area contributed by atoms with E-state index in [0.29, 0.717) is 0 Å². The average Bonchev–Trinajstić information content (AvgIpc) is 2.80. The molecule has 3 rings (SSSR count). The molecule has 0 spiro atoms. The Labute approximate surface area is 200 Å². The van der Waals surface area contributed by atoms with Crippen LogP contribution < -0.4 is 5.30 Å². The maximum atomic E-state index is 14.1. The van der Waals surface area contributed by atoms with E-state index in [1.54, 1.807) is 0 Å². The standard InChI is InChI=1S/C28H27IOP/c1-4-7-22-10-16-25(17-11-22)28(29,26-18-12-23(8-5-2)13-19-26)31(30)27-20-14-24(9-6-3)15-21-27/h4-21H,1-3H3/q+1. The fourth-order valence-corrected chi connectivity index (χ4v) is 6.61. The van der Waals surface area contributed by atoms with Gasteiger partial charge in [0.15, 0.2) is 5.30 Å². The van der Waals surface area contributed by atoms with Gasteiger partial charge in [-0.1, -0.05) is 102 Å². The van der Waals surface area contributed by atoms with Crippen LogP contribution in [0, 0.1) is 0 Å². The summed E-state index contributed by atoms with van der Waals surface area (Å²) in [6, 6.07) is 24.8. The summed E-state index contributed by atoms with van der Waals surface area (Å²) in [6.45, 7) is 6.02. The highest BCUT2D eigenvalue weighted by atomic mass is 127. The molecular weight excluding hydrogens is 510 g/mol. The molecule has 0 heterocycles. The van der Waals surface area contributed by atoms with E-state index in [1.807, 2.05) is 69.3 Å². The Morgan fingerprint density at radius 2 is 0.935 bits per heavy atom. The van der Waals surface area contributed by atoms with Gasteiger partial charge < -0.3 is 0 Å². The lowest BCUT2D eigenvalue weighted by Crippen LogP contribution is -2.19. The highest BCUT2D eigenvalue weighted by Gasteiger charge is 2.51. The van der Waals surface area contributed by atoms with Gasteiger partial charge in [-0.2, -0.15) is 0 Å². The summed E-state index contributed by atoms with van der Waals surface area (Å²) in [7, 11) is -1.75. The maximum Gasteiger partial charge on any atom is 0.403 e. The lowest BCUT2D eigenvalue weighted by atomic mass is 10.0. The smallest absolute Gasteiger partial charge is 0.0871 e. The van der Waals surface area contributed by atoms with Crippen LogP contribution in [-0.4, -0.2) is 0 Å². The van der Waals surface area contributed by atoms with Gasteiger partial charge in [0.25, 0.3) is 3.16 Å². The molecule has 1 nitrogen and oxygen atoms in total. The molecule has 3 aromatic carbocycles. The molecular formula is C28H27IOP+. The molecule has 0 radical (unpaired) electrons. The topological polar surface area (TPSA) is 17.1 Å². The van der Waals surface area contributed by atoms with E-state index in [-0.39, 0.29) is 0 Å². The Morgan fingerprint density at radius 3 is 1.26 bits per heavy atom. The second kappa shape index (κ2) is 10.8. The zero-order valence-corrected chi connectivity index (χ0v) is 21.2. The number of halogens is 1. The molecule has 0 aliphatic heterocycles. The lowest BCUT2D eigenvalue weighted by Gasteiger charge is -2.19. The van der Waals surface area contributed by atoms with Crippen LogP contribution in [0.4, 0.5) is 0 Å². The Bertz CT molecular complexity index is 1050. The first-order chi connectivity index (χ1) is 15.0. The van der Waals surface area contributed by atoms with Crippen molar-refractivity contribution in [1.82, 2.24) is 0 Å². The van der Waals surface area contributed by atoms with Gasteiger partial charge in [0.05, 0.1) is 0 Å². The van der Waals surface area contributed by atoms with Crippen molar-refractivity contribution in [3.63, 3.8) is 0 Å². The minimum Gasteiger partial charge on any atom is -0.0871 e. The molecule has 1 unspecified atom stereocenters. The maximum absolute atomic E-state index is 14.1.